The van der Waals surface area contributed by atoms with Crippen LogP contribution in [0.3, 0.4) is 0 Å². The van der Waals surface area contributed by atoms with Crippen LogP contribution in [0, 0.1) is 0 Å². The number of amides is 2. The van der Waals surface area contributed by atoms with E-state index in [0.717, 1.165) is 23.3 Å². The van der Waals surface area contributed by atoms with Gasteiger partial charge in [-0.25, -0.2) is 0 Å². The van der Waals surface area contributed by atoms with E-state index in [2.05, 4.69) is 5.32 Å². The molecule has 2 aromatic carbocycles. The largest absolute Gasteiger partial charge is 0.496 e. The first-order valence-corrected chi connectivity index (χ1v) is 7.71. The van der Waals surface area contributed by atoms with Crippen LogP contribution in [0.2, 0.25) is 0 Å². The average Bonchev–Trinajstić information content (AvgIpc) is 2.60. The molecule has 0 bridgehead atoms. The van der Waals surface area contributed by atoms with E-state index in [1.807, 2.05) is 19.9 Å². The highest BCUT2D eigenvalue weighted by Crippen LogP contribution is 2.26. The smallest absolute Gasteiger partial charge is 0.258 e. The molecule has 0 aliphatic heterocycles. The molecular weight excluding hydrogens is 290 g/mol. The Bertz CT molecular complexity index is 708. The Labute approximate surface area is 136 Å². The van der Waals surface area contributed by atoms with Crippen LogP contribution in [0.25, 0.3) is 0 Å². The van der Waals surface area contributed by atoms with Crippen molar-refractivity contribution in [1.29, 1.82) is 0 Å². The van der Waals surface area contributed by atoms with E-state index < -0.39 is 5.91 Å². The molecular formula is C19H21NO3. The van der Waals surface area contributed by atoms with Crippen LogP contribution in [0.15, 0.2) is 42.5 Å². The van der Waals surface area contributed by atoms with Gasteiger partial charge in [-0.05, 0) is 48.2 Å². The number of carbonyl (C=O) groups excluding carboxylic acids is 2. The zero-order valence-corrected chi connectivity index (χ0v) is 13.7. The molecule has 0 saturated carbocycles. The van der Waals surface area contributed by atoms with E-state index in [-0.39, 0.29) is 5.91 Å². The van der Waals surface area contributed by atoms with E-state index in [0.29, 0.717) is 17.5 Å². The third-order valence-electron chi connectivity index (χ3n) is 3.82. The Kier molecular flexibility index (Phi) is 5.52. The number of rotatable bonds is 5. The molecule has 4 nitrogen and oxygen atoms in total. The standard InChI is InChI=1S/C19H21NO3/c1-4-14-15(5-2)17(23-3)12-11-16(14)19(22)20-18(21)13-9-7-6-8-10-13/h6-12H,4-5H2,1-3H3,(H,20,21,22). The van der Waals surface area contributed by atoms with Gasteiger partial charge in [0.15, 0.2) is 0 Å². The summed E-state index contributed by atoms with van der Waals surface area (Å²) in [6.45, 7) is 4.01. The SMILES string of the molecule is CCc1c(OC)ccc(C(=O)NC(=O)c2ccccc2)c1CC. The number of nitrogens with one attached hydrogen (secondary N) is 1. The van der Waals surface area contributed by atoms with Crippen LogP contribution >= 0.6 is 0 Å². The van der Waals surface area contributed by atoms with Gasteiger partial charge in [-0.15, -0.1) is 0 Å². The fraction of sp³-hybridized carbons (Fsp3) is 0.263. The molecule has 0 radical (unpaired) electrons. The van der Waals surface area contributed by atoms with Crippen molar-refractivity contribution in [2.75, 3.05) is 7.11 Å². The zero-order valence-electron chi connectivity index (χ0n) is 13.7. The van der Waals surface area contributed by atoms with Crippen molar-refractivity contribution in [3.8, 4) is 5.75 Å². The summed E-state index contributed by atoms with van der Waals surface area (Å²) < 4.78 is 5.37. The molecule has 2 amide bonds. The zero-order chi connectivity index (χ0) is 16.8. The second-order valence-corrected chi connectivity index (χ2v) is 5.13. The van der Waals surface area contributed by atoms with Crippen LogP contribution in [-0.4, -0.2) is 18.9 Å². The van der Waals surface area contributed by atoms with Crippen LogP contribution in [-0.2, 0) is 12.8 Å². The summed E-state index contributed by atoms with van der Waals surface area (Å²) >= 11 is 0. The molecule has 0 aliphatic rings. The lowest BCUT2D eigenvalue weighted by molar-refractivity contribution is 0.0848. The fourth-order valence-corrected chi connectivity index (χ4v) is 2.70. The molecule has 2 rings (SSSR count). The predicted octanol–water partition coefficient (Wildman–Crippen LogP) is 3.39. The van der Waals surface area contributed by atoms with Crippen LogP contribution in [0.1, 0.15) is 45.7 Å². The highest BCUT2D eigenvalue weighted by atomic mass is 16.5. The van der Waals surface area contributed by atoms with E-state index in [1.165, 1.54) is 0 Å². The van der Waals surface area contributed by atoms with Crippen LogP contribution in [0.4, 0.5) is 0 Å². The van der Waals surface area contributed by atoms with Gasteiger partial charge >= 0.3 is 0 Å². The molecule has 120 valence electrons. The van der Waals surface area contributed by atoms with Crippen molar-refractivity contribution >= 4 is 11.8 Å². The topological polar surface area (TPSA) is 55.4 Å². The summed E-state index contributed by atoms with van der Waals surface area (Å²) in [5.74, 6) is -0.00476. The quantitative estimate of drug-likeness (QED) is 0.861. The van der Waals surface area contributed by atoms with Gasteiger partial charge in [-0.2, -0.15) is 0 Å². The highest BCUT2D eigenvalue weighted by molar-refractivity contribution is 6.11. The first-order chi connectivity index (χ1) is 11.1. The summed E-state index contributed by atoms with van der Waals surface area (Å²) in [6.07, 6.45) is 1.46. The minimum atomic E-state index is -0.397. The molecule has 0 atom stereocenters. The van der Waals surface area contributed by atoms with Crippen molar-refractivity contribution in [2.45, 2.75) is 26.7 Å². The Morgan fingerprint density at radius 3 is 2.13 bits per heavy atom. The number of hydrogen-bond donors (Lipinski definition) is 1. The minimum Gasteiger partial charge on any atom is -0.496 e. The molecule has 2 aromatic rings. The molecule has 1 N–H and O–H groups in total. The number of methoxy groups -OCH3 is 1. The maximum absolute atomic E-state index is 12.5. The van der Waals surface area contributed by atoms with Gasteiger partial charge in [0.05, 0.1) is 7.11 Å². The first kappa shape index (κ1) is 16.7. The van der Waals surface area contributed by atoms with Gasteiger partial charge < -0.3 is 4.74 Å². The number of benzene rings is 2. The summed E-state index contributed by atoms with van der Waals surface area (Å²) in [5, 5.41) is 2.46. The van der Waals surface area contributed by atoms with Crippen molar-refractivity contribution in [1.82, 2.24) is 5.32 Å². The molecule has 4 heteroatoms. The number of carbonyl (C=O) groups is 2. The van der Waals surface area contributed by atoms with Gasteiger partial charge in [-0.1, -0.05) is 32.0 Å². The maximum atomic E-state index is 12.5. The van der Waals surface area contributed by atoms with Gasteiger partial charge in [-0.3, -0.25) is 14.9 Å². The van der Waals surface area contributed by atoms with E-state index in [1.54, 1.807) is 43.5 Å². The average molecular weight is 311 g/mol. The molecule has 0 spiro atoms. The lowest BCUT2D eigenvalue weighted by Gasteiger charge is -2.15. The molecule has 0 aliphatic carbocycles. The van der Waals surface area contributed by atoms with E-state index in [4.69, 9.17) is 4.74 Å². The molecule has 0 saturated heterocycles. The summed E-state index contributed by atoms with van der Waals surface area (Å²) in [5.41, 5.74) is 2.91. The summed E-state index contributed by atoms with van der Waals surface area (Å²) in [7, 11) is 1.62. The molecule has 23 heavy (non-hydrogen) atoms. The van der Waals surface area contributed by atoms with Crippen molar-refractivity contribution in [3.05, 3.63) is 64.7 Å². The monoisotopic (exact) mass is 311 g/mol. The third-order valence-corrected chi connectivity index (χ3v) is 3.82. The normalized spacial score (nSPS) is 10.2. The lowest BCUT2D eigenvalue weighted by Crippen LogP contribution is -2.31. The molecule has 0 heterocycles. The van der Waals surface area contributed by atoms with Gasteiger partial charge in [0.1, 0.15) is 5.75 Å². The Morgan fingerprint density at radius 1 is 0.913 bits per heavy atom. The van der Waals surface area contributed by atoms with Crippen molar-refractivity contribution in [3.63, 3.8) is 0 Å². The molecule has 0 aromatic heterocycles. The fourth-order valence-electron chi connectivity index (χ4n) is 2.70. The predicted molar refractivity (Wildman–Crippen MR) is 90.0 cm³/mol. The number of hydrogen-bond acceptors (Lipinski definition) is 3. The maximum Gasteiger partial charge on any atom is 0.258 e. The summed E-state index contributed by atoms with van der Waals surface area (Å²) in [4.78, 5) is 24.7. The second-order valence-electron chi connectivity index (χ2n) is 5.13. The first-order valence-electron chi connectivity index (χ1n) is 7.71. The second kappa shape index (κ2) is 7.58. The van der Waals surface area contributed by atoms with Crippen molar-refractivity contribution < 1.29 is 14.3 Å². The Morgan fingerprint density at radius 2 is 1.57 bits per heavy atom. The van der Waals surface area contributed by atoms with Crippen LogP contribution < -0.4 is 10.1 Å². The molecule has 0 fully saturated rings. The molecule has 0 unspecified atom stereocenters. The Balaban J connectivity index is 2.31. The highest BCUT2D eigenvalue weighted by Gasteiger charge is 2.18. The third kappa shape index (κ3) is 3.59. The minimum absolute atomic E-state index is 0.381. The van der Waals surface area contributed by atoms with Gasteiger partial charge in [0.2, 0.25) is 0 Å². The van der Waals surface area contributed by atoms with E-state index >= 15 is 0 Å². The number of imide groups is 1. The van der Waals surface area contributed by atoms with Gasteiger partial charge in [0, 0.05) is 11.1 Å². The lowest BCUT2D eigenvalue weighted by atomic mass is 9.95. The van der Waals surface area contributed by atoms with Gasteiger partial charge in [0.25, 0.3) is 11.8 Å². The Hall–Kier alpha value is -2.62. The van der Waals surface area contributed by atoms with Crippen LogP contribution in [0.5, 0.6) is 5.75 Å². The number of ether oxygens (including phenoxy) is 1. The van der Waals surface area contributed by atoms with Crippen molar-refractivity contribution in [2.24, 2.45) is 0 Å². The summed E-state index contributed by atoms with van der Waals surface area (Å²) in [6, 6.07) is 12.2. The van der Waals surface area contributed by atoms with E-state index in [9.17, 15) is 9.59 Å².